The molecule has 9 heteroatoms. The van der Waals surface area contributed by atoms with E-state index in [4.69, 9.17) is 16.3 Å². The van der Waals surface area contributed by atoms with Crippen LogP contribution in [-0.4, -0.2) is 53.9 Å². The Hall–Kier alpha value is -2.71. The van der Waals surface area contributed by atoms with Gasteiger partial charge in [0.15, 0.2) is 11.6 Å². The normalized spacial score (nSPS) is 14.8. The quantitative estimate of drug-likeness (QED) is 0.561. The van der Waals surface area contributed by atoms with Gasteiger partial charge in [-0.3, -0.25) is 19.8 Å². The van der Waals surface area contributed by atoms with Gasteiger partial charge >= 0.3 is 0 Å². The average molecular weight is 408 g/mol. The zero-order chi connectivity index (χ0) is 20.3. The second kappa shape index (κ2) is 8.53. The number of carbonyl (C=O) groups excluding carboxylic acids is 1. The fourth-order valence-corrected chi connectivity index (χ4v) is 3.36. The number of ether oxygens (including phenoxy) is 1. The number of piperazine rings is 1. The molecule has 148 valence electrons. The molecule has 0 bridgehead atoms. The Kier molecular flexibility index (Phi) is 6.11. The molecule has 1 heterocycles. The molecule has 0 spiro atoms. The fourth-order valence-electron chi connectivity index (χ4n) is 3.18. The maximum Gasteiger partial charge on any atom is 0.282 e. The van der Waals surface area contributed by atoms with Crippen molar-refractivity contribution in [1.82, 2.24) is 9.80 Å². The molecule has 3 rings (SSSR count). The Labute approximate surface area is 166 Å². The summed E-state index contributed by atoms with van der Waals surface area (Å²) < 4.78 is 18.8. The lowest BCUT2D eigenvalue weighted by molar-refractivity contribution is -0.385. The van der Waals surface area contributed by atoms with Gasteiger partial charge in [-0.15, -0.1) is 0 Å². The van der Waals surface area contributed by atoms with Gasteiger partial charge in [-0.25, -0.2) is 4.39 Å². The van der Waals surface area contributed by atoms with Crippen LogP contribution in [0.5, 0.6) is 5.75 Å². The molecule has 0 radical (unpaired) electrons. The summed E-state index contributed by atoms with van der Waals surface area (Å²) in [5.74, 6) is -0.631. The number of rotatable bonds is 5. The van der Waals surface area contributed by atoms with Crippen LogP contribution in [0.2, 0.25) is 5.02 Å². The van der Waals surface area contributed by atoms with Crippen molar-refractivity contribution >= 4 is 23.2 Å². The number of halogens is 2. The summed E-state index contributed by atoms with van der Waals surface area (Å²) in [5, 5.41) is 11.5. The molecule has 0 N–H and O–H groups in total. The molecule has 2 aromatic carbocycles. The number of hydrogen-bond acceptors (Lipinski definition) is 5. The van der Waals surface area contributed by atoms with Crippen LogP contribution >= 0.6 is 11.6 Å². The number of nitro benzene ring substituents is 1. The summed E-state index contributed by atoms with van der Waals surface area (Å²) in [6, 6.07) is 8.78. The van der Waals surface area contributed by atoms with Gasteiger partial charge in [0.2, 0.25) is 0 Å². The molecule has 28 heavy (non-hydrogen) atoms. The molecule has 0 unspecified atom stereocenters. The Bertz CT molecular complexity index is 901. The summed E-state index contributed by atoms with van der Waals surface area (Å²) in [6.07, 6.45) is 0. The molecule has 2 aromatic rings. The van der Waals surface area contributed by atoms with Crippen LogP contribution in [0, 0.1) is 15.9 Å². The van der Waals surface area contributed by atoms with Gasteiger partial charge in [0.05, 0.1) is 12.0 Å². The first kappa shape index (κ1) is 20.0. The van der Waals surface area contributed by atoms with Crippen molar-refractivity contribution < 1.29 is 18.8 Å². The number of benzene rings is 2. The Morgan fingerprint density at radius 3 is 2.54 bits per heavy atom. The van der Waals surface area contributed by atoms with Crippen LogP contribution in [0.25, 0.3) is 0 Å². The Morgan fingerprint density at radius 2 is 1.93 bits per heavy atom. The molecule has 1 aliphatic rings. The predicted octanol–water partition coefficient (Wildman–Crippen LogP) is 3.35. The fraction of sp³-hybridized carbons (Fsp3) is 0.316. The summed E-state index contributed by atoms with van der Waals surface area (Å²) in [6.45, 7) is 2.53. The zero-order valence-corrected chi connectivity index (χ0v) is 16.0. The van der Waals surface area contributed by atoms with Gasteiger partial charge in [0, 0.05) is 43.8 Å². The first-order chi connectivity index (χ1) is 13.4. The number of nitro groups is 1. The van der Waals surface area contributed by atoms with Crippen LogP contribution in [0.1, 0.15) is 15.9 Å². The predicted molar refractivity (Wildman–Crippen MR) is 102 cm³/mol. The lowest BCUT2D eigenvalue weighted by Gasteiger charge is -2.34. The average Bonchev–Trinajstić information content (AvgIpc) is 2.68. The molecule has 1 fully saturated rings. The van der Waals surface area contributed by atoms with Crippen molar-refractivity contribution in [2.24, 2.45) is 0 Å². The van der Waals surface area contributed by atoms with Gasteiger partial charge in [-0.2, -0.15) is 0 Å². The summed E-state index contributed by atoms with van der Waals surface area (Å²) in [5.41, 5.74) is 0.539. The van der Waals surface area contributed by atoms with Crippen molar-refractivity contribution in [3.05, 3.63) is 68.5 Å². The molecular formula is C19H19ClFN3O4. The van der Waals surface area contributed by atoms with Gasteiger partial charge in [0.1, 0.15) is 5.56 Å². The molecule has 7 nitrogen and oxygen atoms in total. The minimum atomic E-state index is -0.585. The molecule has 1 aliphatic heterocycles. The molecule has 0 saturated carbocycles. The van der Waals surface area contributed by atoms with E-state index < -0.39 is 16.6 Å². The van der Waals surface area contributed by atoms with Gasteiger partial charge in [0.25, 0.3) is 11.6 Å². The highest BCUT2D eigenvalue weighted by molar-refractivity contribution is 6.31. The molecule has 0 aromatic heterocycles. The smallest absolute Gasteiger partial charge is 0.282 e. The van der Waals surface area contributed by atoms with Gasteiger partial charge in [-0.1, -0.05) is 17.7 Å². The number of amides is 1. The van der Waals surface area contributed by atoms with Crippen LogP contribution in [0.3, 0.4) is 0 Å². The number of hydrogen-bond donors (Lipinski definition) is 0. The maximum absolute atomic E-state index is 13.8. The maximum atomic E-state index is 13.8. The minimum Gasteiger partial charge on any atom is -0.494 e. The van der Waals surface area contributed by atoms with Crippen molar-refractivity contribution in [2.45, 2.75) is 6.54 Å². The van der Waals surface area contributed by atoms with Crippen molar-refractivity contribution in [3.63, 3.8) is 0 Å². The van der Waals surface area contributed by atoms with E-state index in [0.29, 0.717) is 32.7 Å². The van der Waals surface area contributed by atoms with Crippen molar-refractivity contribution in [3.8, 4) is 5.75 Å². The van der Waals surface area contributed by atoms with E-state index in [9.17, 15) is 19.3 Å². The van der Waals surface area contributed by atoms with E-state index in [0.717, 1.165) is 5.56 Å². The molecule has 1 saturated heterocycles. The SMILES string of the molecule is COc1ccc(CN2CCN(C(=O)c3cc(Cl)ccc3[N+](=O)[O-])CC2)cc1F. The van der Waals surface area contributed by atoms with Crippen LogP contribution < -0.4 is 4.74 Å². The third-order valence-electron chi connectivity index (χ3n) is 4.67. The molecule has 0 aliphatic carbocycles. The Morgan fingerprint density at radius 1 is 1.21 bits per heavy atom. The summed E-state index contributed by atoms with van der Waals surface area (Å²) in [4.78, 5) is 27.0. The minimum absolute atomic E-state index is 0.0109. The first-order valence-electron chi connectivity index (χ1n) is 8.67. The van der Waals surface area contributed by atoms with E-state index >= 15 is 0 Å². The highest BCUT2D eigenvalue weighted by atomic mass is 35.5. The summed E-state index contributed by atoms with van der Waals surface area (Å²) >= 11 is 5.91. The van der Waals surface area contributed by atoms with E-state index in [1.165, 1.54) is 31.4 Å². The van der Waals surface area contributed by atoms with E-state index in [1.807, 2.05) is 0 Å². The number of nitrogens with zero attached hydrogens (tertiary/aromatic N) is 3. The second-order valence-corrected chi connectivity index (χ2v) is 6.89. The third-order valence-corrected chi connectivity index (χ3v) is 4.90. The standard InChI is InChI=1S/C19H19ClFN3O4/c1-28-18-5-2-13(10-16(18)21)12-22-6-8-23(9-7-22)19(25)15-11-14(20)3-4-17(15)24(26)27/h2-5,10-11H,6-9,12H2,1H3. The molecular weight excluding hydrogens is 389 g/mol. The van der Waals surface area contributed by atoms with Gasteiger partial charge < -0.3 is 9.64 Å². The first-order valence-corrected chi connectivity index (χ1v) is 9.05. The van der Waals surface area contributed by atoms with Crippen molar-refractivity contribution in [1.29, 1.82) is 0 Å². The molecule has 1 amide bonds. The van der Waals surface area contributed by atoms with Crippen LogP contribution in [0.4, 0.5) is 10.1 Å². The Balaban J connectivity index is 1.64. The number of carbonyl (C=O) groups is 1. The van der Waals surface area contributed by atoms with Crippen molar-refractivity contribution in [2.75, 3.05) is 33.3 Å². The van der Waals surface area contributed by atoms with Gasteiger partial charge in [-0.05, 0) is 29.8 Å². The summed E-state index contributed by atoms with van der Waals surface area (Å²) in [7, 11) is 1.42. The number of methoxy groups -OCH3 is 1. The highest BCUT2D eigenvalue weighted by Crippen LogP contribution is 2.25. The highest BCUT2D eigenvalue weighted by Gasteiger charge is 2.27. The second-order valence-electron chi connectivity index (χ2n) is 6.46. The van der Waals surface area contributed by atoms with E-state index in [-0.39, 0.29) is 22.0 Å². The van der Waals surface area contributed by atoms with Crippen LogP contribution in [0.15, 0.2) is 36.4 Å². The topological polar surface area (TPSA) is 75.9 Å². The molecule has 0 atom stereocenters. The lowest BCUT2D eigenvalue weighted by Crippen LogP contribution is -2.48. The van der Waals surface area contributed by atoms with E-state index in [2.05, 4.69) is 4.90 Å². The largest absolute Gasteiger partial charge is 0.494 e. The van der Waals surface area contributed by atoms with Crippen LogP contribution in [-0.2, 0) is 6.54 Å². The monoisotopic (exact) mass is 407 g/mol. The zero-order valence-electron chi connectivity index (χ0n) is 15.2. The third kappa shape index (κ3) is 4.40. The van der Waals surface area contributed by atoms with E-state index in [1.54, 1.807) is 17.0 Å². The lowest BCUT2D eigenvalue weighted by atomic mass is 10.1.